The second kappa shape index (κ2) is 14.6. The van der Waals surface area contributed by atoms with E-state index in [-0.39, 0.29) is 60.0 Å². The van der Waals surface area contributed by atoms with Gasteiger partial charge < -0.3 is 19.7 Å². The molecule has 2 aromatic carbocycles. The minimum atomic E-state index is -4.56. The van der Waals surface area contributed by atoms with Crippen LogP contribution in [-0.2, 0) is 12.6 Å². The highest BCUT2D eigenvalue weighted by Crippen LogP contribution is 2.44. The Bertz CT molecular complexity index is 2410. The molecule has 0 aliphatic carbocycles. The molecule has 0 amide bonds. The molecular weight excluding hydrogens is 744 g/mol. The zero-order chi connectivity index (χ0) is 39.5. The molecule has 10 nitrogen and oxygen atoms in total. The van der Waals surface area contributed by atoms with Crippen molar-refractivity contribution >= 4 is 27.5 Å². The van der Waals surface area contributed by atoms with Crippen LogP contribution in [0.5, 0.6) is 11.9 Å². The summed E-state index contributed by atoms with van der Waals surface area (Å²) < 4.78 is 84.6. The van der Waals surface area contributed by atoms with Crippen molar-refractivity contribution in [2.24, 2.45) is 0 Å². The van der Waals surface area contributed by atoms with E-state index < -0.39 is 28.9 Å². The number of nitrogens with zero attached hydrogens (tertiary/aromatic N) is 7. The molecule has 0 spiro atoms. The zero-order valence-electron chi connectivity index (χ0n) is 31.4. The standard InChI is InChI=1S/C42H41F5N8O2/c1-3-26-21-54-27(20-48-26)9-6-11-32-35-38(36(44)37(50-32)30-10-5-8-24-12-13-31(43)29(4-2)34(24)30)51-40(52-39(35)54)57-23-41-15-7-17-55(41)28(14-16-41)22-56-33-18-25(19-49-53-33)42(45,46)47/h2,5,8,10,12-13,18-19,26-28,48H,3,6-7,9,11,14-17,20-23H2,1H3/t26-,27-,28+,41+/m1/s1. The molecule has 4 aliphatic rings. The lowest BCUT2D eigenvalue weighted by molar-refractivity contribution is -0.138. The number of benzene rings is 2. The number of pyridine rings is 1. The van der Waals surface area contributed by atoms with E-state index in [4.69, 9.17) is 30.8 Å². The lowest BCUT2D eigenvalue weighted by atomic mass is 9.94. The Kier molecular flexibility index (Phi) is 9.59. The second-order valence-corrected chi connectivity index (χ2v) is 15.6. The summed E-state index contributed by atoms with van der Waals surface area (Å²) in [5.41, 5.74) is -0.120. The van der Waals surface area contributed by atoms with Crippen molar-refractivity contribution in [2.75, 3.05) is 37.7 Å². The number of alkyl halides is 3. The molecule has 1 N–H and O–H groups in total. The Labute approximate surface area is 326 Å². The average molecular weight is 785 g/mol. The molecule has 296 valence electrons. The van der Waals surface area contributed by atoms with Crippen molar-refractivity contribution in [3.63, 3.8) is 0 Å². The van der Waals surface area contributed by atoms with Crippen LogP contribution >= 0.6 is 0 Å². The Morgan fingerprint density at radius 2 is 1.91 bits per heavy atom. The number of rotatable bonds is 8. The highest BCUT2D eigenvalue weighted by Gasteiger charge is 2.50. The van der Waals surface area contributed by atoms with Crippen LogP contribution in [-0.4, -0.2) is 86.6 Å². The number of halogens is 5. The smallest absolute Gasteiger partial charge is 0.418 e. The van der Waals surface area contributed by atoms with E-state index in [2.05, 4.69) is 38.2 Å². The average Bonchev–Trinajstić information content (AvgIpc) is 3.78. The SMILES string of the molecule is C#Cc1c(F)ccc2cccc(-c3nc4c5c(nc(OC[C@@]67CCCN6[C@H](COc6cc(C(F)(F)F)cnn6)CC7)nc5c3F)N3C[C@@H](CC)NC[C@H]3CCC4)c12. The molecule has 5 aromatic rings. The molecule has 4 atom stereocenters. The van der Waals surface area contributed by atoms with Gasteiger partial charge >= 0.3 is 12.2 Å². The second-order valence-electron chi connectivity index (χ2n) is 15.6. The molecule has 4 aliphatic heterocycles. The summed E-state index contributed by atoms with van der Waals surface area (Å²) >= 11 is 0. The number of terminal acetylenes is 1. The van der Waals surface area contributed by atoms with Crippen LogP contribution in [0.25, 0.3) is 32.9 Å². The number of fused-ring (bicyclic) bond motifs is 4. The summed E-state index contributed by atoms with van der Waals surface area (Å²) in [6.07, 6.45) is 8.29. The van der Waals surface area contributed by atoms with E-state index in [0.717, 1.165) is 64.1 Å². The predicted molar refractivity (Wildman–Crippen MR) is 204 cm³/mol. The van der Waals surface area contributed by atoms with Crippen molar-refractivity contribution in [3.8, 4) is 35.5 Å². The maximum absolute atomic E-state index is 17.4. The first kappa shape index (κ1) is 37.4. The van der Waals surface area contributed by atoms with Crippen LogP contribution < -0.4 is 19.7 Å². The number of nitrogens with one attached hydrogen (secondary N) is 1. The molecule has 0 unspecified atom stereocenters. The third-order valence-corrected chi connectivity index (χ3v) is 12.3. The van der Waals surface area contributed by atoms with Crippen LogP contribution in [0.3, 0.4) is 0 Å². The molecular formula is C42H41F5N8O2. The van der Waals surface area contributed by atoms with E-state index in [9.17, 15) is 13.2 Å². The van der Waals surface area contributed by atoms with Crippen LogP contribution in [0.4, 0.5) is 27.8 Å². The van der Waals surface area contributed by atoms with Crippen molar-refractivity contribution < 1.29 is 31.4 Å². The van der Waals surface area contributed by atoms with E-state index >= 15 is 8.78 Å². The topological polar surface area (TPSA) is 101 Å². The monoisotopic (exact) mass is 784 g/mol. The number of piperazine rings is 1. The number of aromatic nitrogens is 5. The van der Waals surface area contributed by atoms with Gasteiger partial charge in [-0.2, -0.15) is 28.2 Å². The highest BCUT2D eigenvalue weighted by atomic mass is 19.4. The third-order valence-electron chi connectivity index (χ3n) is 12.3. The molecule has 3 aromatic heterocycles. The normalized spacial score (nSPS) is 23.5. The van der Waals surface area contributed by atoms with E-state index in [1.807, 2.05) is 6.07 Å². The molecule has 0 saturated carbocycles. The van der Waals surface area contributed by atoms with Gasteiger partial charge in [0.1, 0.15) is 36.1 Å². The largest absolute Gasteiger partial charge is 0.475 e. The van der Waals surface area contributed by atoms with Gasteiger partial charge in [-0.3, -0.25) is 4.90 Å². The molecule has 3 fully saturated rings. The van der Waals surface area contributed by atoms with Crippen LogP contribution in [0.1, 0.15) is 68.7 Å². The minimum Gasteiger partial charge on any atom is -0.475 e. The summed E-state index contributed by atoms with van der Waals surface area (Å²) in [4.78, 5) is 19.4. The Balaban J connectivity index is 1.09. The van der Waals surface area contributed by atoms with E-state index in [1.165, 1.54) is 6.07 Å². The highest BCUT2D eigenvalue weighted by molar-refractivity contribution is 6.02. The van der Waals surface area contributed by atoms with Crippen molar-refractivity contribution in [2.45, 2.75) is 88.1 Å². The molecule has 57 heavy (non-hydrogen) atoms. The fourth-order valence-corrected chi connectivity index (χ4v) is 9.43. The van der Waals surface area contributed by atoms with E-state index in [0.29, 0.717) is 52.4 Å². The fourth-order valence-electron chi connectivity index (χ4n) is 9.43. The lowest BCUT2D eigenvalue weighted by Crippen LogP contribution is -2.57. The molecule has 0 radical (unpaired) electrons. The van der Waals surface area contributed by atoms with Crippen LogP contribution in [0, 0.1) is 24.0 Å². The van der Waals surface area contributed by atoms with Gasteiger partial charge in [-0.1, -0.05) is 37.1 Å². The van der Waals surface area contributed by atoms with Gasteiger partial charge in [-0.15, -0.1) is 11.5 Å². The number of anilines is 1. The number of hydrogen-bond acceptors (Lipinski definition) is 10. The molecule has 9 rings (SSSR count). The maximum atomic E-state index is 17.4. The third kappa shape index (κ3) is 6.66. The Hall–Kier alpha value is -5.20. The molecule has 7 heterocycles. The van der Waals surface area contributed by atoms with E-state index in [1.54, 1.807) is 18.2 Å². The first-order valence-corrected chi connectivity index (χ1v) is 19.6. The summed E-state index contributed by atoms with van der Waals surface area (Å²) in [5, 5.41) is 12.5. The van der Waals surface area contributed by atoms with Gasteiger partial charge in [0.2, 0.25) is 5.88 Å². The van der Waals surface area contributed by atoms with Crippen molar-refractivity contribution in [3.05, 3.63) is 71.1 Å². The molecule has 15 heteroatoms. The summed E-state index contributed by atoms with van der Waals surface area (Å²) in [6.45, 7) is 4.67. The van der Waals surface area contributed by atoms with Gasteiger partial charge in [0.05, 0.1) is 33.9 Å². The number of ether oxygens (including phenoxy) is 2. The predicted octanol–water partition coefficient (Wildman–Crippen LogP) is 7.26. The maximum Gasteiger partial charge on any atom is 0.418 e. The first-order chi connectivity index (χ1) is 27.6. The van der Waals surface area contributed by atoms with Crippen LogP contribution in [0.15, 0.2) is 42.6 Å². The zero-order valence-corrected chi connectivity index (χ0v) is 31.4. The first-order valence-electron chi connectivity index (χ1n) is 19.6. The summed E-state index contributed by atoms with van der Waals surface area (Å²) in [7, 11) is 0. The molecule has 0 bridgehead atoms. The summed E-state index contributed by atoms with van der Waals surface area (Å²) in [5.74, 6) is 1.63. The fraction of sp³-hybridized carbons (Fsp3) is 0.452. The van der Waals surface area contributed by atoms with Gasteiger partial charge in [-0.25, -0.2) is 13.8 Å². The van der Waals surface area contributed by atoms with Crippen LogP contribution in [0.2, 0.25) is 0 Å². The van der Waals surface area contributed by atoms with Gasteiger partial charge in [-0.05, 0) is 69.4 Å². The van der Waals surface area contributed by atoms with Gasteiger partial charge in [0.25, 0.3) is 0 Å². The lowest BCUT2D eigenvalue weighted by Gasteiger charge is -2.42. The number of aryl methyl sites for hydroxylation is 1. The quantitative estimate of drug-likeness (QED) is 0.128. The van der Waals surface area contributed by atoms with Gasteiger partial charge in [0, 0.05) is 48.2 Å². The Morgan fingerprint density at radius 3 is 2.74 bits per heavy atom. The minimum absolute atomic E-state index is 0.0364. The number of hydrogen-bond donors (Lipinski definition) is 1. The Morgan fingerprint density at radius 1 is 1.04 bits per heavy atom. The van der Waals surface area contributed by atoms with Crippen molar-refractivity contribution in [1.29, 1.82) is 0 Å². The summed E-state index contributed by atoms with van der Waals surface area (Å²) in [6, 6.07) is 9.37. The van der Waals surface area contributed by atoms with Crippen molar-refractivity contribution in [1.82, 2.24) is 35.4 Å². The molecule has 3 saturated heterocycles. The van der Waals surface area contributed by atoms with Gasteiger partial charge in [0.15, 0.2) is 5.82 Å².